The highest BCUT2D eigenvalue weighted by Crippen LogP contribution is 2.40. The Morgan fingerprint density at radius 2 is 1.27 bits per heavy atom. The summed E-state index contributed by atoms with van der Waals surface area (Å²) in [6.45, 7) is 12.5. The second-order valence-electron chi connectivity index (χ2n) is 15.1. The number of allylic oxidation sites excluding steroid dienone is 4. The van der Waals surface area contributed by atoms with Crippen LogP contribution in [-0.4, -0.2) is 6.04 Å². The van der Waals surface area contributed by atoms with Crippen LogP contribution in [0.2, 0.25) is 0 Å². The summed E-state index contributed by atoms with van der Waals surface area (Å²) in [6.07, 6.45) is 13.2. The molecule has 63 heavy (non-hydrogen) atoms. The highest BCUT2D eigenvalue weighted by molar-refractivity contribution is 6.13. The van der Waals surface area contributed by atoms with Gasteiger partial charge in [-0.25, -0.2) is 0 Å². The number of aryl methyl sites for hydroxylation is 2. The standard InChI is InChI=1S/C34H30N2O.C9H10.C7H9N.C7H8.C2H6/c1-22-8-7-11-26(18-22)27-19-29(34-28-12-5-6-13-32(28)37-33(34)20-27)23-14-16-25(17-15-23)31(36)21-30(35)24-9-3-2-4-10-24;1-2-6-9-7-4-3-5-8-9;8-6-7-4-2-1-3-5-7;1-7-5-3-2-4-6-7;1-2/h2-3,5-9,11-21,30H,4,10,35-36H2,1H3;2-5,7-8H,1,6H2;1-5H,6,8H2;2-6H,1H3;1-2H3/b31-21-;;;;. The van der Waals surface area contributed by atoms with E-state index in [2.05, 4.69) is 136 Å². The van der Waals surface area contributed by atoms with Crippen molar-refractivity contribution >= 4 is 27.6 Å². The Bertz CT molecular complexity index is 2690. The van der Waals surface area contributed by atoms with E-state index in [1.807, 2.05) is 105 Å². The zero-order valence-electron chi connectivity index (χ0n) is 37.4. The molecule has 1 aliphatic rings. The first-order valence-electron chi connectivity index (χ1n) is 21.9. The molecule has 1 aromatic heterocycles. The third kappa shape index (κ3) is 14.0. The van der Waals surface area contributed by atoms with E-state index in [9.17, 15) is 0 Å². The minimum absolute atomic E-state index is 0.174. The second-order valence-corrected chi connectivity index (χ2v) is 15.1. The number of nitrogens with two attached hydrogens (primary N) is 3. The summed E-state index contributed by atoms with van der Waals surface area (Å²) in [5.74, 6) is 0. The van der Waals surface area contributed by atoms with Gasteiger partial charge in [0, 0.05) is 29.1 Å². The SMILES string of the molecule is C=CCc1ccccc1.CC.Cc1cccc(-c2cc(-c3ccc(/C(N)=C/C(N)C4=CC=CCC4)cc3)c3c(c2)oc2ccccc23)c1.Cc1ccccc1.NCc1ccccc1. The van der Waals surface area contributed by atoms with E-state index in [4.69, 9.17) is 21.6 Å². The molecule has 6 N–H and O–H groups in total. The molecule has 7 aromatic carbocycles. The fourth-order valence-corrected chi connectivity index (χ4v) is 7.14. The fourth-order valence-electron chi connectivity index (χ4n) is 7.14. The highest BCUT2D eigenvalue weighted by atomic mass is 16.3. The molecular formula is C59H63N3O. The number of furan rings is 1. The van der Waals surface area contributed by atoms with Gasteiger partial charge in [-0.2, -0.15) is 0 Å². The summed E-state index contributed by atoms with van der Waals surface area (Å²) in [7, 11) is 0. The number of rotatable bonds is 8. The van der Waals surface area contributed by atoms with Gasteiger partial charge in [0.25, 0.3) is 0 Å². The number of benzene rings is 7. The molecule has 1 aliphatic carbocycles. The molecule has 0 amide bonds. The molecule has 4 heteroatoms. The predicted octanol–water partition coefficient (Wildman–Crippen LogP) is 14.7. The van der Waals surface area contributed by atoms with Crippen LogP contribution >= 0.6 is 0 Å². The number of para-hydroxylation sites is 1. The van der Waals surface area contributed by atoms with Gasteiger partial charge in [0.1, 0.15) is 11.2 Å². The molecule has 0 saturated carbocycles. The lowest BCUT2D eigenvalue weighted by molar-refractivity contribution is 0.669. The average molecular weight is 830 g/mol. The summed E-state index contributed by atoms with van der Waals surface area (Å²) in [5.41, 5.74) is 32.5. The van der Waals surface area contributed by atoms with Crippen LogP contribution in [0.15, 0.2) is 223 Å². The molecule has 9 rings (SSSR count). The van der Waals surface area contributed by atoms with Crippen molar-refractivity contribution in [3.05, 3.63) is 246 Å². The summed E-state index contributed by atoms with van der Waals surface area (Å²) in [4.78, 5) is 0. The molecule has 0 bridgehead atoms. The normalized spacial score (nSPS) is 12.2. The molecule has 0 radical (unpaired) electrons. The van der Waals surface area contributed by atoms with Gasteiger partial charge in [0.15, 0.2) is 0 Å². The van der Waals surface area contributed by atoms with Crippen molar-refractivity contribution in [2.75, 3.05) is 0 Å². The van der Waals surface area contributed by atoms with Gasteiger partial charge in [0.2, 0.25) is 0 Å². The van der Waals surface area contributed by atoms with Crippen LogP contribution in [0.1, 0.15) is 54.5 Å². The first kappa shape index (κ1) is 47.1. The lowest BCUT2D eigenvalue weighted by atomic mass is 9.93. The number of hydrogen-bond acceptors (Lipinski definition) is 4. The third-order valence-corrected chi connectivity index (χ3v) is 10.4. The first-order valence-corrected chi connectivity index (χ1v) is 21.9. The minimum Gasteiger partial charge on any atom is -0.456 e. The van der Waals surface area contributed by atoms with Crippen LogP contribution in [0, 0.1) is 13.8 Å². The van der Waals surface area contributed by atoms with E-state index in [1.165, 1.54) is 33.4 Å². The molecule has 0 spiro atoms. The van der Waals surface area contributed by atoms with Crippen molar-refractivity contribution in [3.8, 4) is 22.3 Å². The third-order valence-electron chi connectivity index (χ3n) is 10.4. The molecule has 320 valence electrons. The van der Waals surface area contributed by atoms with Gasteiger partial charge in [-0.15, -0.1) is 6.58 Å². The van der Waals surface area contributed by atoms with Crippen molar-refractivity contribution in [1.82, 2.24) is 0 Å². The largest absolute Gasteiger partial charge is 0.456 e. The van der Waals surface area contributed by atoms with E-state index < -0.39 is 0 Å². The molecule has 1 atom stereocenters. The Balaban J connectivity index is 0.000000231. The molecule has 8 aromatic rings. The predicted molar refractivity (Wildman–Crippen MR) is 273 cm³/mol. The van der Waals surface area contributed by atoms with E-state index >= 15 is 0 Å². The van der Waals surface area contributed by atoms with Crippen molar-refractivity contribution in [1.29, 1.82) is 0 Å². The average Bonchev–Trinajstić information content (AvgIpc) is 3.72. The molecule has 1 unspecified atom stereocenters. The zero-order valence-corrected chi connectivity index (χ0v) is 37.4. The van der Waals surface area contributed by atoms with E-state index in [0.29, 0.717) is 12.2 Å². The maximum Gasteiger partial charge on any atom is 0.136 e. The molecule has 0 aliphatic heterocycles. The van der Waals surface area contributed by atoms with Crippen molar-refractivity contribution in [2.45, 2.75) is 59.5 Å². The Morgan fingerprint density at radius 1 is 0.651 bits per heavy atom. The lowest BCUT2D eigenvalue weighted by Crippen LogP contribution is -2.22. The monoisotopic (exact) mass is 829 g/mol. The summed E-state index contributed by atoms with van der Waals surface area (Å²) >= 11 is 0. The van der Waals surface area contributed by atoms with Crippen LogP contribution < -0.4 is 17.2 Å². The maximum atomic E-state index is 6.47. The Hall–Kier alpha value is -6.98. The van der Waals surface area contributed by atoms with Gasteiger partial charge in [0.05, 0.1) is 0 Å². The van der Waals surface area contributed by atoms with Crippen LogP contribution in [-0.2, 0) is 13.0 Å². The van der Waals surface area contributed by atoms with E-state index in [1.54, 1.807) is 0 Å². The van der Waals surface area contributed by atoms with Crippen LogP contribution in [0.3, 0.4) is 0 Å². The van der Waals surface area contributed by atoms with Crippen molar-refractivity contribution < 1.29 is 4.42 Å². The second kappa shape index (κ2) is 25.1. The maximum absolute atomic E-state index is 6.47. The minimum atomic E-state index is -0.174. The summed E-state index contributed by atoms with van der Waals surface area (Å²) in [5, 5.41) is 2.25. The highest BCUT2D eigenvalue weighted by Gasteiger charge is 2.16. The van der Waals surface area contributed by atoms with Gasteiger partial charge in [-0.3, -0.25) is 0 Å². The first-order chi connectivity index (χ1) is 30.8. The van der Waals surface area contributed by atoms with Crippen LogP contribution in [0.5, 0.6) is 0 Å². The molecular weight excluding hydrogens is 767 g/mol. The van der Waals surface area contributed by atoms with E-state index in [-0.39, 0.29) is 6.04 Å². The lowest BCUT2D eigenvalue weighted by Gasteiger charge is -2.15. The molecule has 4 nitrogen and oxygen atoms in total. The zero-order chi connectivity index (χ0) is 44.8. The smallest absolute Gasteiger partial charge is 0.136 e. The fraction of sp³-hybridized carbons (Fsp3) is 0.153. The summed E-state index contributed by atoms with van der Waals surface area (Å²) < 4.78 is 6.32. The van der Waals surface area contributed by atoms with Crippen LogP contribution in [0.4, 0.5) is 0 Å². The summed E-state index contributed by atoms with van der Waals surface area (Å²) in [6, 6.07) is 60.0. The van der Waals surface area contributed by atoms with E-state index in [0.717, 1.165) is 63.5 Å². The van der Waals surface area contributed by atoms with Crippen molar-refractivity contribution in [3.63, 3.8) is 0 Å². The Labute approximate surface area is 375 Å². The van der Waals surface area contributed by atoms with Gasteiger partial charge >= 0.3 is 0 Å². The topological polar surface area (TPSA) is 91.2 Å². The van der Waals surface area contributed by atoms with Crippen LogP contribution in [0.25, 0.3) is 49.9 Å². The van der Waals surface area contributed by atoms with Gasteiger partial charge < -0.3 is 21.6 Å². The van der Waals surface area contributed by atoms with Gasteiger partial charge in [-0.1, -0.05) is 207 Å². The number of hydrogen-bond donors (Lipinski definition) is 3. The number of fused-ring (bicyclic) bond motifs is 3. The Morgan fingerprint density at radius 3 is 1.84 bits per heavy atom. The molecule has 0 saturated heterocycles. The molecule has 0 fully saturated rings. The van der Waals surface area contributed by atoms with Crippen molar-refractivity contribution in [2.24, 2.45) is 17.2 Å². The molecule has 1 heterocycles. The Kier molecular flexibility index (Phi) is 18.7. The quantitative estimate of drug-likeness (QED) is 0.133. The van der Waals surface area contributed by atoms with Gasteiger partial charge in [-0.05, 0) is 102 Å².